The number of aliphatic hydroxyl groups excluding tert-OH is 1. The predicted molar refractivity (Wildman–Crippen MR) is 135 cm³/mol. The molecule has 5 atom stereocenters. The third-order valence-electron chi connectivity index (χ3n) is 8.10. The van der Waals surface area contributed by atoms with Crippen LogP contribution in [-0.4, -0.2) is 54.5 Å². The van der Waals surface area contributed by atoms with E-state index in [0.717, 1.165) is 67.6 Å². The molecule has 188 valence electrons. The van der Waals surface area contributed by atoms with Gasteiger partial charge in [0.05, 0.1) is 20.3 Å². The van der Waals surface area contributed by atoms with E-state index in [1.165, 1.54) is 18.1 Å². The van der Waals surface area contributed by atoms with Crippen LogP contribution < -0.4 is 9.47 Å². The van der Waals surface area contributed by atoms with Crippen LogP contribution in [0.25, 0.3) is 11.1 Å². The molecule has 3 heterocycles. The largest absolute Gasteiger partial charge is 0.496 e. The zero-order valence-electron chi connectivity index (χ0n) is 21.0. The SMILES string of the molecule is COc1ccc2cc1-c1cc(ccc1OC)[C@@H]1C[C@@H](O)C[C@@H]3CCC[C@@H](C[C@H](OC(C)=O)CC2)N31. The van der Waals surface area contributed by atoms with Gasteiger partial charge in [-0.2, -0.15) is 0 Å². The normalized spacial score (nSPS) is 28.5. The van der Waals surface area contributed by atoms with E-state index in [2.05, 4.69) is 29.2 Å². The summed E-state index contributed by atoms with van der Waals surface area (Å²) in [5, 5.41) is 10.9. The number of esters is 1. The fraction of sp³-hybridized carbons (Fsp3) is 0.552. The highest BCUT2D eigenvalue weighted by Crippen LogP contribution is 2.46. The summed E-state index contributed by atoms with van der Waals surface area (Å²) in [4.78, 5) is 14.6. The number of rotatable bonds is 3. The van der Waals surface area contributed by atoms with Crippen molar-refractivity contribution in [1.29, 1.82) is 0 Å². The predicted octanol–water partition coefficient (Wildman–Crippen LogP) is 5.06. The van der Waals surface area contributed by atoms with E-state index in [0.29, 0.717) is 18.5 Å². The van der Waals surface area contributed by atoms with Crippen LogP contribution in [0, 0.1) is 0 Å². The molecular formula is C29H37NO5. The highest BCUT2D eigenvalue weighted by Gasteiger charge is 2.42. The zero-order valence-corrected chi connectivity index (χ0v) is 21.0. The third-order valence-corrected chi connectivity index (χ3v) is 8.10. The van der Waals surface area contributed by atoms with E-state index in [1.54, 1.807) is 14.2 Å². The van der Waals surface area contributed by atoms with Crippen LogP contribution in [-0.2, 0) is 16.0 Å². The van der Waals surface area contributed by atoms with Gasteiger partial charge < -0.3 is 19.3 Å². The average Bonchev–Trinajstić information content (AvgIpc) is 2.85. The lowest BCUT2D eigenvalue weighted by Crippen LogP contribution is -2.54. The number of piperidine rings is 2. The number of ether oxygens (including phenoxy) is 3. The molecule has 4 bridgehead atoms. The van der Waals surface area contributed by atoms with Crippen LogP contribution in [0.4, 0.5) is 0 Å². The monoisotopic (exact) mass is 479 g/mol. The van der Waals surface area contributed by atoms with Crippen molar-refractivity contribution in [3.8, 4) is 22.6 Å². The molecular weight excluding hydrogens is 442 g/mol. The summed E-state index contributed by atoms with van der Waals surface area (Å²) in [5.41, 5.74) is 4.37. The minimum absolute atomic E-state index is 0.103. The van der Waals surface area contributed by atoms with E-state index in [4.69, 9.17) is 14.2 Å². The van der Waals surface area contributed by atoms with Crippen molar-refractivity contribution in [2.24, 2.45) is 0 Å². The van der Waals surface area contributed by atoms with Crippen molar-refractivity contribution in [3.63, 3.8) is 0 Å². The van der Waals surface area contributed by atoms with Gasteiger partial charge >= 0.3 is 5.97 Å². The second kappa shape index (κ2) is 10.2. The first kappa shape index (κ1) is 24.1. The van der Waals surface area contributed by atoms with Gasteiger partial charge in [-0.15, -0.1) is 0 Å². The Bertz CT molecular complexity index is 1070. The van der Waals surface area contributed by atoms with Crippen LogP contribution in [0.1, 0.15) is 69.0 Å². The van der Waals surface area contributed by atoms with Crippen molar-refractivity contribution >= 4 is 5.97 Å². The summed E-state index contributed by atoms with van der Waals surface area (Å²) in [7, 11) is 3.40. The molecule has 3 aliphatic heterocycles. The summed E-state index contributed by atoms with van der Waals surface area (Å²) in [6.45, 7) is 1.51. The minimum atomic E-state index is -0.316. The minimum Gasteiger partial charge on any atom is -0.496 e. The summed E-state index contributed by atoms with van der Waals surface area (Å²) in [6, 6.07) is 13.5. The van der Waals surface area contributed by atoms with Crippen molar-refractivity contribution in [2.45, 2.75) is 88.6 Å². The molecule has 0 spiro atoms. The molecule has 2 fully saturated rings. The van der Waals surface area contributed by atoms with Gasteiger partial charge in [0.2, 0.25) is 0 Å². The highest BCUT2D eigenvalue weighted by atomic mass is 16.5. The smallest absolute Gasteiger partial charge is 0.302 e. The number of aryl methyl sites for hydroxylation is 1. The third kappa shape index (κ3) is 4.91. The first-order valence-electron chi connectivity index (χ1n) is 12.9. The maximum Gasteiger partial charge on any atom is 0.302 e. The van der Waals surface area contributed by atoms with Crippen LogP contribution in [0.15, 0.2) is 36.4 Å². The summed E-state index contributed by atoms with van der Waals surface area (Å²) in [5.74, 6) is 1.39. The topological polar surface area (TPSA) is 68.2 Å². The van der Waals surface area contributed by atoms with E-state index in [-0.39, 0.29) is 24.2 Å². The van der Waals surface area contributed by atoms with E-state index < -0.39 is 0 Å². The Morgan fingerprint density at radius 3 is 2.31 bits per heavy atom. The Morgan fingerprint density at radius 2 is 1.60 bits per heavy atom. The lowest BCUT2D eigenvalue weighted by molar-refractivity contribution is -0.148. The molecule has 5 rings (SSSR count). The maximum atomic E-state index is 12.0. The number of aliphatic hydroxyl groups is 1. The molecule has 0 saturated carbocycles. The number of carbonyl (C=O) groups is 1. The van der Waals surface area contributed by atoms with Crippen molar-refractivity contribution in [1.82, 2.24) is 4.90 Å². The quantitative estimate of drug-likeness (QED) is 0.621. The molecule has 0 amide bonds. The van der Waals surface area contributed by atoms with Crippen LogP contribution in [0.5, 0.6) is 11.5 Å². The Balaban J connectivity index is 1.67. The molecule has 2 aromatic carbocycles. The first-order chi connectivity index (χ1) is 17.0. The van der Waals surface area contributed by atoms with Gasteiger partial charge in [-0.25, -0.2) is 0 Å². The Kier molecular flexibility index (Phi) is 7.03. The fourth-order valence-corrected chi connectivity index (χ4v) is 6.63. The van der Waals surface area contributed by atoms with E-state index in [9.17, 15) is 9.90 Å². The van der Waals surface area contributed by atoms with Gasteiger partial charge in [-0.05, 0) is 80.3 Å². The molecule has 6 nitrogen and oxygen atoms in total. The van der Waals surface area contributed by atoms with Crippen LogP contribution >= 0.6 is 0 Å². The van der Waals surface area contributed by atoms with Crippen LogP contribution in [0.2, 0.25) is 0 Å². The Hall–Kier alpha value is -2.57. The molecule has 0 aromatic heterocycles. The van der Waals surface area contributed by atoms with E-state index >= 15 is 0 Å². The fourth-order valence-electron chi connectivity index (χ4n) is 6.63. The second-order valence-corrected chi connectivity index (χ2v) is 10.3. The van der Waals surface area contributed by atoms with Crippen LogP contribution in [0.3, 0.4) is 0 Å². The molecule has 2 aromatic rings. The number of benzene rings is 2. The standard InChI is InChI=1S/C29H37NO5/c1-18(31)35-24-10-7-19-8-11-28(33-2)25(13-19)26-14-20(9-12-29(26)34-3)27-17-23(32)15-21-5-4-6-22(16-24)30(21)27/h8-9,11-14,21-24,27,32H,4-7,10,15-17H2,1-3H3/t21-,22-,23-,24+,27-/m0/s1. The van der Waals surface area contributed by atoms with Gasteiger partial charge in [0, 0.05) is 36.2 Å². The number of fused-ring (bicyclic) bond motifs is 6. The second-order valence-electron chi connectivity index (χ2n) is 10.3. The Morgan fingerprint density at radius 1 is 0.914 bits per heavy atom. The van der Waals surface area contributed by atoms with Gasteiger partial charge in [-0.1, -0.05) is 18.6 Å². The molecule has 35 heavy (non-hydrogen) atoms. The zero-order chi connectivity index (χ0) is 24.5. The van der Waals surface area contributed by atoms with E-state index in [1.807, 2.05) is 12.1 Å². The van der Waals surface area contributed by atoms with Crippen molar-refractivity contribution in [2.75, 3.05) is 14.2 Å². The lowest BCUT2D eigenvalue weighted by Gasteiger charge is -2.52. The number of nitrogens with zero attached hydrogens (tertiary/aromatic N) is 1. The molecule has 0 unspecified atom stereocenters. The molecule has 3 aliphatic rings. The molecule has 0 aliphatic carbocycles. The van der Waals surface area contributed by atoms with Crippen molar-refractivity contribution in [3.05, 3.63) is 47.5 Å². The molecule has 0 radical (unpaired) electrons. The lowest BCUT2D eigenvalue weighted by atomic mass is 9.80. The molecule has 2 saturated heterocycles. The summed E-state index contributed by atoms with van der Waals surface area (Å²) < 4.78 is 17.4. The molecule has 6 heteroatoms. The van der Waals surface area contributed by atoms with Gasteiger partial charge in [-0.3, -0.25) is 9.69 Å². The summed E-state index contributed by atoms with van der Waals surface area (Å²) >= 11 is 0. The number of carbonyl (C=O) groups excluding carboxylic acids is 1. The van der Waals surface area contributed by atoms with Gasteiger partial charge in [0.1, 0.15) is 17.6 Å². The Labute approximate surface area is 208 Å². The van der Waals surface area contributed by atoms with Gasteiger partial charge in [0.15, 0.2) is 0 Å². The number of methoxy groups -OCH3 is 2. The average molecular weight is 480 g/mol. The summed E-state index contributed by atoms with van der Waals surface area (Å²) in [6.07, 6.45) is 6.81. The van der Waals surface area contributed by atoms with Crippen molar-refractivity contribution < 1.29 is 24.1 Å². The highest BCUT2D eigenvalue weighted by molar-refractivity contribution is 5.77. The first-order valence-corrected chi connectivity index (χ1v) is 12.9. The molecule has 1 N–H and O–H groups in total. The van der Waals surface area contributed by atoms with Gasteiger partial charge in [0.25, 0.3) is 0 Å². The maximum absolute atomic E-state index is 12.0. The number of hydrogen-bond donors (Lipinski definition) is 1. The number of hydrogen-bond acceptors (Lipinski definition) is 6.